The molecular formula is C35H32N2O10S. The highest BCUT2D eigenvalue weighted by Gasteiger charge is 2.30. The van der Waals surface area contributed by atoms with Crippen molar-refractivity contribution >= 4 is 23.6 Å². The predicted octanol–water partition coefficient (Wildman–Crippen LogP) is 5.81. The lowest BCUT2D eigenvalue weighted by Crippen LogP contribution is -2.29. The van der Waals surface area contributed by atoms with Crippen LogP contribution in [0, 0.1) is 10.1 Å². The summed E-state index contributed by atoms with van der Waals surface area (Å²) in [4.78, 5) is 55.4. The number of amides is 1. The summed E-state index contributed by atoms with van der Waals surface area (Å²) in [5, 5.41) is 12.7. The van der Waals surface area contributed by atoms with Crippen molar-refractivity contribution in [3.8, 4) is 34.1 Å². The summed E-state index contributed by atoms with van der Waals surface area (Å²) in [5.74, 6) is 0.319. The summed E-state index contributed by atoms with van der Waals surface area (Å²) >= 11 is 1.33. The van der Waals surface area contributed by atoms with Crippen molar-refractivity contribution in [1.82, 2.24) is 5.32 Å². The van der Waals surface area contributed by atoms with Gasteiger partial charge in [0, 0.05) is 11.1 Å². The van der Waals surface area contributed by atoms with Gasteiger partial charge < -0.3 is 29.1 Å². The first-order valence-corrected chi connectivity index (χ1v) is 15.9. The van der Waals surface area contributed by atoms with Crippen LogP contribution >= 0.6 is 11.8 Å². The number of fused-ring (bicyclic) bond motifs is 3. The normalized spacial score (nSPS) is 13.2. The Bertz CT molecular complexity index is 1950. The van der Waals surface area contributed by atoms with Crippen LogP contribution in [0.3, 0.4) is 0 Å². The molecule has 1 aliphatic rings. The lowest BCUT2D eigenvalue weighted by molar-refractivity contribution is -0.763. The third-order valence-corrected chi connectivity index (χ3v) is 8.61. The van der Waals surface area contributed by atoms with Crippen LogP contribution in [-0.2, 0) is 17.9 Å². The molecule has 13 heteroatoms. The summed E-state index contributed by atoms with van der Waals surface area (Å²) in [6.07, 6.45) is 2.79. The first-order chi connectivity index (χ1) is 23.2. The number of esters is 1. The topological polar surface area (TPSA) is 153 Å². The Morgan fingerprint density at radius 3 is 2.40 bits per heavy atom. The molecule has 0 unspecified atom stereocenters. The standard InChI is InChI=1S/C35H32N2O10S/c1-43-29-17-21-11-13-27(26-18-28(38)30(48-4)14-12-25(26)31(21)33(45-3)32(29)44-2)36-34(39)22-8-6-10-24(16-22)47-35(40)23-9-5-7-20(15-23)19-46-37(41)42/h5-10,12,14-18,27H,11,13,19H2,1-4H3,(H,36,39)/t27-/m0/s1. The number of benzene rings is 3. The fourth-order valence-electron chi connectivity index (χ4n) is 5.64. The molecule has 0 heterocycles. The van der Waals surface area contributed by atoms with E-state index in [0.29, 0.717) is 51.7 Å². The molecule has 48 heavy (non-hydrogen) atoms. The van der Waals surface area contributed by atoms with Gasteiger partial charge in [0.15, 0.2) is 16.9 Å². The number of nitrogens with zero attached hydrogens (tertiary/aromatic N) is 1. The van der Waals surface area contributed by atoms with Crippen molar-refractivity contribution in [3.63, 3.8) is 0 Å². The van der Waals surface area contributed by atoms with Gasteiger partial charge in [-0.3, -0.25) is 9.59 Å². The smallest absolute Gasteiger partial charge is 0.343 e. The molecule has 0 radical (unpaired) electrons. The summed E-state index contributed by atoms with van der Waals surface area (Å²) in [6.45, 7) is -0.322. The van der Waals surface area contributed by atoms with E-state index in [1.54, 1.807) is 43.5 Å². The van der Waals surface area contributed by atoms with Crippen LogP contribution in [0.4, 0.5) is 0 Å². The molecule has 4 aromatic carbocycles. The van der Waals surface area contributed by atoms with Gasteiger partial charge >= 0.3 is 5.97 Å². The van der Waals surface area contributed by atoms with Crippen LogP contribution < -0.4 is 29.7 Å². The molecule has 4 aromatic rings. The summed E-state index contributed by atoms with van der Waals surface area (Å²) in [5.41, 5.74) is 3.56. The Balaban J connectivity index is 1.46. The first-order valence-electron chi connectivity index (χ1n) is 14.7. The largest absolute Gasteiger partial charge is 0.493 e. The average Bonchev–Trinajstić information content (AvgIpc) is 3.34. The van der Waals surface area contributed by atoms with Gasteiger partial charge in [-0.25, -0.2) is 4.79 Å². The number of aryl methyl sites for hydroxylation is 1. The number of nitrogens with one attached hydrogen (secondary N) is 1. The van der Waals surface area contributed by atoms with Gasteiger partial charge in [-0.2, -0.15) is 0 Å². The monoisotopic (exact) mass is 672 g/mol. The maximum absolute atomic E-state index is 13.7. The van der Waals surface area contributed by atoms with Gasteiger partial charge in [-0.1, -0.05) is 24.3 Å². The molecule has 0 spiro atoms. The van der Waals surface area contributed by atoms with Crippen LogP contribution in [0.15, 0.2) is 82.5 Å². The van der Waals surface area contributed by atoms with Crippen molar-refractivity contribution in [2.75, 3.05) is 27.6 Å². The molecule has 1 atom stereocenters. The maximum Gasteiger partial charge on any atom is 0.343 e. The zero-order valence-electron chi connectivity index (χ0n) is 26.6. The van der Waals surface area contributed by atoms with Crippen molar-refractivity contribution in [2.45, 2.75) is 30.4 Å². The van der Waals surface area contributed by atoms with Gasteiger partial charge in [0.1, 0.15) is 12.4 Å². The second-order valence-electron chi connectivity index (χ2n) is 10.6. The van der Waals surface area contributed by atoms with E-state index in [1.807, 2.05) is 18.4 Å². The molecule has 0 saturated carbocycles. The van der Waals surface area contributed by atoms with Gasteiger partial charge in [-0.15, -0.1) is 21.9 Å². The summed E-state index contributed by atoms with van der Waals surface area (Å²) in [6, 6.07) is 18.7. The first kappa shape index (κ1) is 33.8. The molecule has 248 valence electrons. The van der Waals surface area contributed by atoms with Crippen LogP contribution in [0.5, 0.6) is 23.0 Å². The van der Waals surface area contributed by atoms with Crippen LogP contribution in [0.2, 0.25) is 0 Å². The molecular weight excluding hydrogens is 640 g/mol. The second-order valence-corrected chi connectivity index (χ2v) is 11.5. The van der Waals surface area contributed by atoms with E-state index in [1.165, 1.54) is 50.2 Å². The summed E-state index contributed by atoms with van der Waals surface area (Å²) < 4.78 is 22.6. The number of hydrogen-bond donors (Lipinski definition) is 1. The molecule has 1 amide bonds. The number of ether oxygens (including phenoxy) is 4. The van der Waals surface area contributed by atoms with Crippen molar-refractivity contribution in [3.05, 3.63) is 121 Å². The molecule has 0 bridgehead atoms. The number of thioether (sulfide) groups is 1. The Morgan fingerprint density at radius 2 is 1.69 bits per heavy atom. The van der Waals surface area contributed by atoms with E-state index in [0.717, 1.165) is 11.1 Å². The predicted molar refractivity (Wildman–Crippen MR) is 178 cm³/mol. The van der Waals surface area contributed by atoms with Crippen molar-refractivity contribution < 1.29 is 38.5 Å². The van der Waals surface area contributed by atoms with Crippen molar-refractivity contribution in [1.29, 1.82) is 0 Å². The highest BCUT2D eigenvalue weighted by atomic mass is 32.2. The van der Waals surface area contributed by atoms with E-state index < -0.39 is 23.0 Å². The minimum Gasteiger partial charge on any atom is -0.493 e. The third-order valence-electron chi connectivity index (χ3n) is 7.83. The fraction of sp³-hybridized carbons (Fsp3) is 0.229. The van der Waals surface area contributed by atoms with Gasteiger partial charge in [0.2, 0.25) is 5.75 Å². The van der Waals surface area contributed by atoms with Crippen LogP contribution in [0.1, 0.15) is 49.9 Å². The highest BCUT2D eigenvalue weighted by molar-refractivity contribution is 7.98. The minimum absolute atomic E-state index is 0.120. The molecule has 1 aliphatic carbocycles. The van der Waals surface area contributed by atoms with E-state index in [9.17, 15) is 24.5 Å². The number of methoxy groups -OCH3 is 3. The molecule has 0 fully saturated rings. The number of carbonyl (C=O) groups is 2. The van der Waals surface area contributed by atoms with Gasteiger partial charge in [-0.05, 0) is 89.9 Å². The van der Waals surface area contributed by atoms with Crippen LogP contribution in [-0.4, -0.2) is 44.5 Å². The number of rotatable bonds is 11. The van der Waals surface area contributed by atoms with Crippen LogP contribution in [0.25, 0.3) is 11.1 Å². The number of hydrogen-bond acceptors (Lipinski definition) is 11. The van der Waals surface area contributed by atoms with E-state index in [-0.39, 0.29) is 28.9 Å². The molecule has 1 N–H and O–H groups in total. The average molecular weight is 673 g/mol. The summed E-state index contributed by atoms with van der Waals surface area (Å²) in [7, 11) is 4.61. The Hall–Kier alpha value is -5.56. The Morgan fingerprint density at radius 1 is 0.938 bits per heavy atom. The lowest BCUT2D eigenvalue weighted by atomic mass is 9.95. The van der Waals surface area contributed by atoms with Crippen molar-refractivity contribution in [2.24, 2.45) is 0 Å². The highest BCUT2D eigenvalue weighted by Crippen LogP contribution is 2.50. The van der Waals surface area contributed by atoms with E-state index in [4.69, 9.17) is 18.9 Å². The lowest BCUT2D eigenvalue weighted by Gasteiger charge is -2.20. The Kier molecular flexibility index (Phi) is 10.5. The molecule has 0 aromatic heterocycles. The zero-order chi connectivity index (χ0) is 34.4. The molecule has 0 saturated heterocycles. The molecule has 5 rings (SSSR count). The third kappa shape index (κ3) is 7.20. The minimum atomic E-state index is -0.916. The molecule has 12 nitrogen and oxygen atoms in total. The zero-order valence-corrected chi connectivity index (χ0v) is 27.4. The fourth-order valence-corrected chi connectivity index (χ4v) is 6.10. The Labute approximate surface area is 280 Å². The van der Waals surface area contributed by atoms with E-state index >= 15 is 0 Å². The quantitative estimate of drug-likeness (QED) is 0.0676. The SMILES string of the molecule is COc1cc2c(c(OC)c1OC)-c1ccc(SC)c(=O)cc1[C@@H](NC(=O)c1cccc(OC(=O)c3cccc(CO[N+](=O)[O-])c3)c1)CC2. The maximum atomic E-state index is 13.7. The van der Waals surface area contributed by atoms with E-state index in [2.05, 4.69) is 10.2 Å². The molecule has 0 aliphatic heterocycles. The van der Waals surface area contributed by atoms with Gasteiger partial charge in [0.25, 0.3) is 11.0 Å². The van der Waals surface area contributed by atoms with Gasteiger partial charge in [0.05, 0.1) is 37.8 Å². The number of carbonyl (C=O) groups excluding carboxylic acids is 2. The second kappa shape index (κ2) is 14.9.